The zero-order valence-corrected chi connectivity index (χ0v) is 19.9. The van der Waals surface area contributed by atoms with Crippen LogP contribution in [0, 0.1) is 23.2 Å². The molecule has 5 heterocycles. The number of amides is 2. The van der Waals surface area contributed by atoms with Gasteiger partial charge in [0, 0.05) is 25.1 Å². The minimum absolute atomic E-state index is 0.166. The first-order valence-electron chi connectivity index (χ1n) is 10.9. The number of fused-ring (bicyclic) bond motifs is 6. The molecule has 0 radical (unpaired) electrons. The number of nitriles is 1. The summed E-state index contributed by atoms with van der Waals surface area (Å²) in [5.41, 5.74) is -1.02. The standard InChI is InChI=1S/C23H18ClN5O5S/c1-22-14(30)8-23(34-22,6-7-33-15-5-3-12(24)10-26-15)17-16(22)20(31)29(21(17)32)13-4-2-11(9-25)18-19(13)28-35-27-18/h2-5,10,14,16-17,30H,6-8H2,1H3. The lowest BCUT2D eigenvalue weighted by Crippen LogP contribution is -2.49. The molecule has 35 heavy (non-hydrogen) atoms. The van der Waals surface area contributed by atoms with Crippen LogP contribution < -0.4 is 9.64 Å². The molecule has 2 amide bonds. The maximum atomic E-state index is 13.8. The molecule has 12 heteroatoms. The highest BCUT2D eigenvalue weighted by molar-refractivity contribution is 7.00. The largest absolute Gasteiger partial charge is 0.478 e. The minimum atomic E-state index is -1.21. The van der Waals surface area contributed by atoms with Crippen LogP contribution >= 0.6 is 23.3 Å². The zero-order chi connectivity index (χ0) is 24.5. The first-order valence-corrected chi connectivity index (χ1v) is 12.1. The second-order valence-corrected chi connectivity index (χ2v) is 10.1. The molecule has 6 rings (SSSR count). The van der Waals surface area contributed by atoms with Crippen LogP contribution in [0.2, 0.25) is 5.02 Å². The van der Waals surface area contributed by atoms with Crippen LogP contribution in [0.5, 0.6) is 5.88 Å². The van der Waals surface area contributed by atoms with Crippen molar-refractivity contribution in [2.75, 3.05) is 11.5 Å². The van der Waals surface area contributed by atoms with Crippen molar-refractivity contribution in [3.05, 3.63) is 41.0 Å². The summed E-state index contributed by atoms with van der Waals surface area (Å²) in [5, 5.41) is 20.7. The van der Waals surface area contributed by atoms with Crippen molar-refractivity contribution in [1.82, 2.24) is 13.7 Å². The van der Waals surface area contributed by atoms with E-state index < -0.39 is 41.0 Å². The van der Waals surface area contributed by atoms with Gasteiger partial charge in [-0.1, -0.05) is 11.6 Å². The number of anilines is 1. The number of halogens is 1. The van der Waals surface area contributed by atoms with Gasteiger partial charge in [-0.3, -0.25) is 9.59 Å². The van der Waals surface area contributed by atoms with Gasteiger partial charge in [-0.05, 0) is 25.1 Å². The fraction of sp³-hybridized carbons (Fsp3) is 0.391. The Balaban J connectivity index is 1.34. The molecule has 1 aromatic carbocycles. The lowest BCUT2D eigenvalue weighted by Gasteiger charge is -2.33. The van der Waals surface area contributed by atoms with E-state index in [1.807, 2.05) is 0 Å². The minimum Gasteiger partial charge on any atom is -0.478 e. The molecule has 3 aliphatic rings. The zero-order valence-electron chi connectivity index (χ0n) is 18.3. The van der Waals surface area contributed by atoms with E-state index in [-0.39, 0.29) is 25.1 Å². The van der Waals surface area contributed by atoms with E-state index in [0.29, 0.717) is 27.5 Å². The summed E-state index contributed by atoms with van der Waals surface area (Å²) in [7, 11) is 0. The van der Waals surface area contributed by atoms with Gasteiger partial charge in [-0.2, -0.15) is 14.0 Å². The lowest BCUT2D eigenvalue weighted by molar-refractivity contribution is -0.134. The predicted molar refractivity (Wildman–Crippen MR) is 124 cm³/mol. The Kier molecular flexibility index (Phi) is 4.88. The lowest BCUT2D eigenvalue weighted by atomic mass is 9.66. The molecule has 5 unspecified atom stereocenters. The molecule has 2 aromatic heterocycles. The van der Waals surface area contributed by atoms with Crippen LogP contribution in [0.25, 0.3) is 11.0 Å². The van der Waals surface area contributed by atoms with E-state index in [2.05, 4.69) is 19.8 Å². The molecular formula is C23H18ClN5O5S. The number of carbonyl (C=O) groups is 2. The van der Waals surface area contributed by atoms with Gasteiger partial charge in [0.1, 0.15) is 22.7 Å². The number of ether oxygens (including phenoxy) is 2. The summed E-state index contributed by atoms with van der Waals surface area (Å²) in [6.07, 6.45) is 1.03. The Morgan fingerprint density at radius 1 is 1.26 bits per heavy atom. The van der Waals surface area contributed by atoms with Crippen molar-refractivity contribution < 1.29 is 24.2 Å². The summed E-state index contributed by atoms with van der Waals surface area (Å²) in [6, 6.07) is 8.42. The maximum Gasteiger partial charge on any atom is 0.240 e. The molecule has 10 nitrogen and oxygen atoms in total. The summed E-state index contributed by atoms with van der Waals surface area (Å²) in [4.78, 5) is 32.7. The van der Waals surface area contributed by atoms with Gasteiger partial charge in [-0.25, -0.2) is 9.88 Å². The first-order chi connectivity index (χ1) is 16.8. The van der Waals surface area contributed by atoms with E-state index >= 15 is 0 Å². The number of pyridine rings is 1. The normalized spacial score (nSPS) is 31.3. The number of hydrogen-bond acceptors (Lipinski definition) is 10. The summed E-state index contributed by atoms with van der Waals surface area (Å²) >= 11 is 6.77. The third-order valence-electron chi connectivity index (χ3n) is 7.35. The van der Waals surface area contributed by atoms with E-state index in [1.54, 1.807) is 25.1 Å². The maximum absolute atomic E-state index is 13.8. The number of aliphatic hydroxyl groups excluding tert-OH is 1. The number of hydrogen-bond donors (Lipinski definition) is 1. The molecule has 3 aromatic rings. The molecule has 0 aliphatic carbocycles. The predicted octanol–water partition coefficient (Wildman–Crippen LogP) is 2.48. The van der Waals surface area contributed by atoms with Crippen molar-refractivity contribution in [2.45, 2.75) is 37.1 Å². The second kappa shape index (κ2) is 7.66. The van der Waals surface area contributed by atoms with Crippen molar-refractivity contribution in [3.8, 4) is 11.9 Å². The number of aromatic nitrogens is 3. The van der Waals surface area contributed by atoms with Gasteiger partial charge >= 0.3 is 0 Å². The monoisotopic (exact) mass is 511 g/mol. The third kappa shape index (κ3) is 3.04. The first kappa shape index (κ1) is 22.3. The molecular weight excluding hydrogens is 494 g/mol. The average molecular weight is 512 g/mol. The van der Waals surface area contributed by atoms with E-state index in [1.165, 1.54) is 12.3 Å². The molecule has 0 saturated carbocycles. The summed E-state index contributed by atoms with van der Waals surface area (Å²) in [6.45, 7) is 1.85. The molecule has 0 spiro atoms. The fourth-order valence-corrected chi connectivity index (χ4v) is 6.44. The number of carbonyl (C=O) groups excluding carboxylic acids is 2. The average Bonchev–Trinajstić information content (AvgIpc) is 3.55. The number of nitrogens with zero attached hydrogens (tertiary/aromatic N) is 5. The highest BCUT2D eigenvalue weighted by Gasteiger charge is 2.77. The topological polar surface area (TPSA) is 139 Å². The van der Waals surface area contributed by atoms with Crippen molar-refractivity contribution in [2.24, 2.45) is 11.8 Å². The summed E-state index contributed by atoms with van der Waals surface area (Å²) < 4.78 is 20.5. The molecule has 5 atom stereocenters. The quantitative estimate of drug-likeness (QED) is 0.511. The van der Waals surface area contributed by atoms with E-state index in [0.717, 1.165) is 16.6 Å². The molecule has 3 aliphatic heterocycles. The Morgan fingerprint density at radius 2 is 2.03 bits per heavy atom. The van der Waals surface area contributed by atoms with Crippen LogP contribution in [0.4, 0.5) is 5.69 Å². The van der Waals surface area contributed by atoms with Gasteiger partial charge in [0.05, 0.1) is 58.1 Å². The Hall–Kier alpha value is -3.17. The third-order valence-corrected chi connectivity index (χ3v) is 8.10. The van der Waals surface area contributed by atoms with Crippen molar-refractivity contribution >= 4 is 51.9 Å². The Morgan fingerprint density at radius 3 is 2.77 bits per heavy atom. The Labute approximate surface area is 208 Å². The summed E-state index contributed by atoms with van der Waals surface area (Å²) in [5.74, 6) is -2.15. The SMILES string of the molecule is CC12OC(CCOc3ccc(Cl)cn3)(CC1O)C1C(=O)N(c3ccc(C#N)c4nsnc34)C(=O)C12. The highest BCUT2D eigenvalue weighted by Crippen LogP contribution is 2.62. The molecule has 1 N–H and O–H groups in total. The van der Waals surface area contributed by atoms with Gasteiger partial charge < -0.3 is 14.6 Å². The smallest absolute Gasteiger partial charge is 0.240 e. The van der Waals surface area contributed by atoms with Crippen LogP contribution in [-0.2, 0) is 14.3 Å². The van der Waals surface area contributed by atoms with Gasteiger partial charge in [0.25, 0.3) is 0 Å². The van der Waals surface area contributed by atoms with Gasteiger partial charge in [-0.15, -0.1) is 0 Å². The van der Waals surface area contributed by atoms with Crippen LogP contribution in [0.15, 0.2) is 30.5 Å². The fourth-order valence-electron chi connectivity index (χ4n) is 5.76. The Bertz CT molecular complexity index is 1420. The molecule has 3 saturated heterocycles. The van der Waals surface area contributed by atoms with Crippen LogP contribution in [0.3, 0.4) is 0 Å². The van der Waals surface area contributed by atoms with Gasteiger partial charge in [0.2, 0.25) is 17.7 Å². The van der Waals surface area contributed by atoms with Crippen molar-refractivity contribution in [3.63, 3.8) is 0 Å². The van der Waals surface area contributed by atoms with Crippen molar-refractivity contribution in [1.29, 1.82) is 5.26 Å². The number of benzene rings is 1. The van der Waals surface area contributed by atoms with Gasteiger partial charge in [0.15, 0.2) is 0 Å². The molecule has 178 valence electrons. The highest BCUT2D eigenvalue weighted by atomic mass is 35.5. The molecule has 2 bridgehead atoms. The van der Waals surface area contributed by atoms with E-state index in [9.17, 15) is 20.0 Å². The van der Waals surface area contributed by atoms with E-state index in [4.69, 9.17) is 21.1 Å². The number of imide groups is 1. The number of aliphatic hydroxyl groups is 1. The molecule has 3 fully saturated rings. The number of rotatable bonds is 5. The van der Waals surface area contributed by atoms with Crippen LogP contribution in [0.1, 0.15) is 25.3 Å². The second-order valence-electron chi connectivity index (χ2n) is 9.16. The van der Waals surface area contributed by atoms with Crippen LogP contribution in [-0.4, -0.2) is 54.6 Å².